The molecule has 0 aliphatic rings. The highest BCUT2D eigenvalue weighted by molar-refractivity contribution is 8.76. The predicted molar refractivity (Wildman–Crippen MR) is 246 cm³/mol. The quantitative estimate of drug-likeness (QED) is 0.0268. The van der Waals surface area contributed by atoms with Crippen LogP contribution in [0.5, 0.6) is 0 Å². The largest absolute Gasteiger partial charge is 0.395 e. The van der Waals surface area contributed by atoms with Gasteiger partial charge in [0.1, 0.15) is 13.1 Å². The summed E-state index contributed by atoms with van der Waals surface area (Å²) in [6.07, 6.45) is 19.0. The zero-order chi connectivity index (χ0) is 42.6. The molecule has 322 valence electrons. The summed E-state index contributed by atoms with van der Waals surface area (Å²) in [5.41, 5.74) is 6.24. The fourth-order valence-electron chi connectivity index (χ4n) is 6.20. The minimum atomic E-state index is 0.0381. The van der Waals surface area contributed by atoms with Crippen molar-refractivity contribution in [2.24, 2.45) is 0 Å². The first-order chi connectivity index (χ1) is 29.4. The summed E-state index contributed by atoms with van der Waals surface area (Å²) in [5, 5.41) is 43.1. The Bertz CT molecular complexity index is 1710. The van der Waals surface area contributed by atoms with Gasteiger partial charge in [0, 0.05) is 112 Å². The number of hydrogen-bond donors (Lipinski definition) is 6. The Kier molecular flexibility index (Phi) is 23.0. The molecular weight excluding hydrogens is 797 g/mol. The van der Waals surface area contributed by atoms with Gasteiger partial charge in [-0.1, -0.05) is 70.2 Å². The lowest BCUT2D eigenvalue weighted by Gasteiger charge is -2.22. The monoisotopic (exact) mass is 858 g/mol. The van der Waals surface area contributed by atoms with E-state index in [0.717, 1.165) is 59.6 Å². The topological polar surface area (TPSA) is 153 Å². The Morgan fingerprint density at radius 2 is 0.817 bits per heavy atom. The third kappa shape index (κ3) is 18.7. The smallest absolute Gasteiger partial charge is 0.220 e. The lowest BCUT2D eigenvalue weighted by atomic mass is 10.1. The molecule has 12 nitrogen and oxygen atoms in total. The minimum Gasteiger partial charge on any atom is -0.395 e. The van der Waals surface area contributed by atoms with Gasteiger partial charge in [0.05, 0.1) is 26.4 Å². The molecule has 2 heterocycles. The van der Waals surface area contributed by atoms with Crippen LogP contribution in [0.15, 0.2) is 97.6 Å². The highest BCUT2D eigenvalue weighted by atomic mass is 33.1. The third-order valence-corrected chi connectivity index (χ3v) is 11.9. The average molecular weight is 859 g/mol. The SMILES string of the molecule is O=C(CCSSCCC(=O)NCCC[n+]1ccc(/C=C/c2ccc(N(CCO)CCO)cc2)cc1)NCCC[n+]1ccc(/C=C/c2ccc(N(CCO)CCO)cc2)cc1. The number of benzene rings is 2. The number of aliphatic hydroxyl groups excluding tert-OH is 4. The van der Waals surface area contributed by atoms with Crippen molar-refractivity contribution in [2.75, 3.05) is 87.0 Å². The van der Waals surface area contributed by atoms with Crippen LogP contribution < -0.4 is 29.6 Å². The van der Waals surface area contributed by atoms with Crippen molar-refractivity contribution < 1.29 is 39.1 Å². The number of anilines is 2. The second-order valence-corrected chi connectivity index (χ2v) is 16.7. The molecule has 6 N–H and O–H groups in total. The third-order valence-electron chi connectivity index (χ3n) is 9.51. The molecule has 2 aromatic carbocycles. The Hall–Kier alpha value is -4.70. The lowest BCUT2D eigenvalue weighted by molar-refractivity contribution is -0.697. The number of carbonyl (C=O) groups is 2. The molecule has 0 radical (unpaired) electrons. The zero-order valence-corrected chi connectivity index (χ0v) is 36.1. The summed E-state index contributed by atoms with van der Waals surface area (Å²) in [4.78, 5) is 28.5. The van der Waals surface area contributed by atoms with Crippen LogP contribution in [0, 0.1) is 0 Å². The van der Waals surface area contributed by atoms with Gasteiger partial charge in [-0.05, 0) is 46.5 Å². The molecule has 0 saturated carbocycles. The van der Waals surface area contributed by atoms with Gasteiger partial charge in [0.25, 0.3) is 0 Å². The average Bonchev–Trinajstić information content (AvgIpc) is 3.27. The summed E-state index contributed by atoms with van der Waals surface area (Å²) in [6, 6.07) is 24.3. The number of aliphatic hydroxyl groups is 4. The van der Waals surface area contributed by atoms with Gasteiger partial charge < -0.3 is 40.9 Å². The van der Waals surface area contributed by atoms with Gasteiger partial charge in [0.15, 0.2) is 24.8 Å². The van der Waals surface area contributed by atoms with Crippen molar-refractivity contribution >= 4 is 69.1 Å². The number of rotatable bonds is 29. The summed E-state index contributed by atoms with van der Waals surface area (Å²) in [7, 11) is 3.25. The number of amides is 2. The molecule has 0 aliphatic heterocycles. The van der Waals surface area contributed by atoms with Gasteiger partial charge >= 0.3 is 0 Å². The van der Waals surface area contributed by atoms with Crippen LogP contribution in [0.3, 0.4) is 0 Å². The molecule has 4 rings (SSSR count). The van der Waals surface area contributed by atoms with E-state index < -0.39 is 0 Å². The highest BCUT2D eigenvalue weighted by Gasteiger charge is 2.08. The molecule has 2 aromatic heterocycles. The van der Waals surface area contributed by atoms with Crippen LogP contribution in [0.1, 0.15) is 47.9 Å². The van der Waals surface area contributed by atoms with Crippen LogP contribution in [0.2, 0.25) is 0 Å². The summed E-state index contributed by atoms with van der Waals surface area (Å²) in [5.74, 6) is 1.49. The predicted octanol–water partition coefficient (Wildman–Crippen LogP) is 4.06. The van der Waals surface area contributed by atoms with Crippen LogP contribution >= 0.6 is 21.6 Å². The molecule has 60 heavy (non-hydrogen) atoms. The normalized spacial score (nSPS) is 11.3. The Labute approximate surface area is 363 Å². The zero-order valence-electron chi connectivity index (χ0n) is 34.5. The van der Waals surface area contributed by atoms with Gasteiger partial charge in [0.2, 0.25) is 11.8 Å². The highest BCUT2D eigenvalue weighted by Crippen LogP contribution is 2.22. The molecule has 0 saturated heterocycles. The van der Waals surface area contributed by atoms with Crippen LogP contribution in [-0.4, -0.2) is 109 Å². The van der Waals surface area contributed by atoms with E-state index in [1.165, 1.54) is 0 Å². The van der Waals surface area contributed by atoms with Crippen molar-refractivity contribution in [3.8, 4) is 0 Å². The molecular formula is C46H62N6O6S2+2. The van der Waals surface area contributed by atoms with E-state index in [1.807, 2.05) is 83.1 Å². The molecule has 4 aromatic rings. The first-order valence-corrected chi connectivity index (χ1v) is 23.1. The lowest BCUT2D eigenvalue weighted by Crippen LogP contribution is -2.35. The summed E-state index contributed by atoms with van der Waals surface area (Å²) >= 11 is 0. The Balaban J connectivity index is 0.984. The Morgan fingerprint density at radius 3 is 1.13 bits per heavy atom. The molecule has 0 spiro atoms. The molecule has 0 unspecified atom stereocenters. The standard InChI is InChI=1S/C46H60N6O6S2/c53-33-29-51(30-34-54)43-11-7-39(8-12-43)3-5-41-15-25-49(26-16-41)23-1-21-47-45(57)19-37-59-60-38-20-46(58)48-22-2-24-50-27-17-42(18-28-50)6-4-40-9-13-44(14-10-40)52(31-35-55)32-36-56/h3-18,25-28,53-56H,1-2,19-24,29-38H2/p+2. The van der Waals surface area contributed by atoms with Crippen molar-refractivity contribution in [1.29, 1.82) is 0 Å². The summed E-state index contributed by atoms with van der Waals surface area (Å²) < 4.78 is 4.21. The number of hydrogen-bond acceptors (Lipinski definition) is 10. The van der Waals surface area contributed by atoms with E-state index in [1.54, 1.807) is 21.6 Å². The van der Waals surface area contributed by atoms with Crippen molar-refractivity contribution in [3.05, 3.63) is 120 Å². The van der Waals surface area contributed by atoms with Crippen molar-refractivity contribution in [3.63, 3.8) is 0 Å². The first-order valence-electron chi connectivity index (χ1n) is 20.7. The number of nitrogens with zero attached hydrogens (tertiary/aromatic N) is 4. The summed E-state index contributed by atoms with van der Waals surface area (Å²) in [6.45, 7) is 4.93. The second kappa shape index (κ2) is 28.7. The number of carbonyl (C=O) groups excluding carboxylic acids is 2. The Morgan fingerprint density at radius 1 is 0.500 bits per heavy atom. The second-order valence-electron chi connectivity index (χ2n) is 14.0. The van der Waals surface area contributed by atoms with Crippen LogP contribution in [-0.2, 0) is 22.7 Å². The van der Waals surface area contributed by atoms with E-state index in [0.29, 0.717) is 63.6 Å². The fraction of sp³-hybridized carbons (Fsp3) is 0.391. The van der Waals surface area contributed by atoms with E-state index in [-0.39, 0.29) is 38.2 Å². The van der Waals surface area contributed by atoms with Crippen LogP contribution in [0.4, 0.5) is 11.4 Å². The van der Waals surface area contributed by atoms with Crippen LogP contribution in [0.25, 0.3) is 24.3 Å². The fourth-order valence-corrected chi connectivity index (χ4v) is 8.18. The van der Waals surface area contributed by atoms with Crippen molar-refractivity contribution in [1.82, 2.24) is 10.6 Å². The number of nitrogens with one attached hydrogen (secondary N) is 2. The van der Waals surface area contributed by atoms with E-state index in [9.17, 15) is 30.0 Å². The van der Waals surface area contributed by atoms with E-state index in [2.05, 4.69) is 68.3 Å². The van der Waals surface area contributed by atoms with Crippen molar-refractivity contribution in [2.45, 2.75) is 38.8 Å². The number of aryl methyl sites for hydroxylation is 2. The number of aromatic nitrogens is 2. The maximum absolute atomic E-state index is 12.3. The maximum atomic E-state index is 12.3. The van der Waals surface area contributed by atoms with E-state index in [4.69, 9.17) is 0 Å². The molecule has 2 amide bonds. The number of pyridine rings is 2. The minimum absolute atomic E-state index is 0.0381. The molecule has 14 heteroatoms. The van der Waals surface area contributed by atoms with E-state index >= 15 is 0 Å². The van der Waals surface area contributed by atoms with Gasteiger partial charge in [-0.15, -0.1) is 0 Å². The molecule has 0 atom stereocenters. The first kappa shape index (κ1) is 48.0. The molecule has 0 fully saturated rings. The molecule has 0 aliphatic carbocycles. The van der Waals surface area contributed by atoms with Gasteiger partial charge in [-0.3, -0.25) is 9.59 Å². The maximum Gasteiger partial charge on any atom is 0.220 e. The van der Waals surface area contributed by atoms with Gasteiger partial charge in [-0.25, -0.2) is 9.13 Å². The van der Waals surface area contributed by atoms with Gasteiger partial charge in [-0.2, -0.15) is 0 Å². The molecule has 0 bridgehead atoms.